The highest BCUT2D eigenvalue weighted by Crippen LogP contribution is 2.18. The molecule has 0 saturated carbocycles. The monoisotopic (exact) mass is 168 g/mol. The Labute approximate surface area is 70.5 Å². The van der Waals surface area contributed by atoms with Crippen molar-refractivity contribution in [3.05, 3.63) is 23.7 Å². The number of furan rings is 1. The van der Waals surface area contributed by atoms with Crippen molar-refractivity contribution < 1.29 is 9.21 Å². The molecule has 1 rings (SSSR count). The molecule has 66 valence electrons. The van der Waals surface area contributed by atoms with Crippen LogP contribution in [0.2, 0.25) is 0 Å². The molecule has 0 fully saturated rings. The maximum absolute atomic E-state index is 10.5. The molecule has 1 aromatic rings. The largest absolute Gasteiger partial charge is 0.469 e. The quantitative estimate of drug-likeness (QED) is 0.688. The van der Waals surface area contributed by atoms with Gasteiger partial charge >= 0.3 is 0 Å². The Morgan fingerprint density at radius 1 is 1.75 bits per heavy atom. The Kier molecular flexibility index (Phi) is 2.50. The van der Waals surface area contributed by atoms with Crippen LogP contribution in [-0.2, 0) is 4.79 Å². The zero-order valence-corrected chi connectivity index (χ0v) is 6.91. The average molecular weight is 168 g/mol. The molecule has 1 atom stereocenters. The van der Waals surface area contributed by atoms with Crippen molar-refractivity contribution in [1.29, 1.82) is 0 Å². The Morgan fingerprint density at radius 2 is 2.42 bits per heavy atom. The molecule has 4 nitrogen and oxygen atoms in total. The van der Waals surface area contributed by atoms with Crippen LogP contribution in [0.1, 0.15) is 23.8 Å². The molecule has 1 amide bonds. The first-order valence-corrected chi connectivity index (χ1v) is 3.69. The Bertz CT molecular complexity index is 280. The van der Waals surface area contributed by atoms with Crippen molar-refractivity contribution in [3.63, 3.8) is 0 Å². The maximum atomic E-state index is 10.5. The van der Waals surface area contributed by atoms with Gasteiger partial charge in [0.2, 0.25) is 5.91 Å². The van der Waals surface area contributed by atoms with Gasteiger partial charge in [0.1, 0.15) is 5.76 Å². The van der Waals surface area contributed by atoms with Crippen LogP contribution in [0.15, 0.2) is 16.7 Å². The standard InChI is InChI=1S/C8H12N2O2/c1-5-6(2-3-12-5)7(9)4-8(10)11/h2-3,7H,4,9H2,1H3,(H2,10,11). The molecule has 0 radical (unpaired) electrons. The zero-order valence-electron chi connectivity index (χ0n) is 6.91. The summed E-state index contributed by atoms with van der Waals surface area (Å²) in [5, 5.41) is 0. The molecular formula is C8H12N2O2. The van der Waals surface area contributed by atoms with Crippen molar-refractivity contribution in [3.8, 4) is 0 Å². The van der Waals surface area contributed by atoms with Crippen LogP contribution in [0.3, 0.4) is 0 Å². The van der Waals surface area contributed by atoms with Gasteiger partial charge in [-0.25, -0.2) is 0 Å². The van der Waals surface area contributed by atoms with E-state index in [1.165, 1.54) is 0 Å². The molecule has 0 saturated heterocycles. The van der Waals surface area contributed by atoms with Crippen LogP contribution in [0, 0.1) is 6.92 Å². The minimum absolute atomic E-state index is 0.153. The highest BCUT2D eigenvalue weighted by atomic mass is 16.3. The molecule has 0 aliphatic heterocycles. The van der Waals surface area contributed by atoms with E-state index in [0.29, 0.717) is 0 Å². The van der Waals surface area contributed by atoms with Gasteiger partial charge in [-0.1, -0.05) is 0 Å². The fourth-order valence-electron chi connectivity index (χ4n) is 1.11. The van der Waals surface area contributed by atoms with E-state index in [1.807, 2.05) is 0 Å². The summed E-state index contributed by atoms with van der Waals surface area (Å²) in [7, 11) is 0. The lowest BCUT2D eigenvalue weighted by Crippen LogP contribution is -2.20. The lowest BCUT2D eigenvalue weighted by molar-refractivity contribution is -0.118. The number of amides is 1. The first kappa shape index (κ1) is 8.80. The molecule has 1 heterocycles. The van der Waals surface area contributed by atoms with Gasteiger partial charge in [0.05, 0.1) is 6.26 Å². The molecule has 0 aromatic carbocycles. The summed E-state index contributed by atoms with van der Waals surface area (Å²) in [4.78, 5) is 10.5. The van der Waals surface area contributed by atoms with Crippen LogP contribution < -0.4 is 11.5 Å². The van der Waals surface area contributed by atoms with E-state index in [4.69, 9.17) is 15.9 Å². The van der Waals surface area contributed by atoms with E-state index in [9.17, 15) is 4.79 Å². The van der Waals surface area contributed by atoms with Crippen LogP contribution in [-0.4, -0.2) is 5.91 Å². The second kappa shape index (κ2) is 3.40. The molecule has 4 N–H and O–H groups in total. The number of hydrogen-bond donors (Lipinski definition) is 2. The van der Waals surface area contributed by atoms with Gasteiger partial charge in [0.15, 0.2) is 0 Å². The first-order chi connectivity index (χ1) is 5.61. The van der Waals surface area contributed by atoms with Crippen LogP contribution in [0.5, 0.6) is 0 Å². The van der Waals surface area contributed by atoms with Crippen molar-refractivity contribution >= 4 is 5.91 Å². The maximum Gasteiger partial charge on any atom is 0.219 e. The number of nitrogens with two attached hydrogens (primary N) is 2. The Morgan fingerprint density at radius 3 is 2.83 bits per heavy atom. The van der Waals surface area contributed by atoms with Crippen LogP contribution in [0.4, 0.5) is 0 Å². The topological polar surface area (TPSA) is 82.2 Å². The summed E-state index contributed by atoms with van der Waals surface area (Å²) >= 11 is 0. The SMILES string of the molecule is Cc1occc1C(N)CC(N)=O. The third kappa shape index (κ3) is 1.85. The van der Waals surface area contributed by atoms with Crippen LogP contribution in [0.25, 0.3) is 0 Å². The lowest BCUT2D eigenvalue weighted by Gasteiger charge is -2.06. The third-order valence-corrected chi connectivity index (χ3v) is 1.72. The minimum atomic E-state index is -0.400. The summed E-state index contributed by atoms with van der Waals surface area (Å²) in [6, 6.07) is 1.41. The Balaban J connectivity index is 2.71. The van der Waals surface area contributed by atoms with Crippen molar-refractivity contribution in [2.45, 2.75) is 19.4 Å². The van der Waals surface area contributed by atoms with E-state index in [2.05, 4.69) is 0 Å². The highest BCUT2D eigenvalue weighted by molar-refractivity contribution is 5.74. The molecule has 4 heteroatoms. The van der Waals surface area contributed by atoms with Gasteiger partial charge in [0.25, 0.3) is 0 Å². The molecule has 12 heavy (non-hydrogen) atoms. The number of hydrogen-bond acceptors (Lipinski definition) is 3. The summed E-state index contributed by atoms with van der Waals surface area (Å²) in [6.07, 6.45) is 1.70. The molecule has 0 aliphatic rings. The van der Waals surface area contributed by atoms with Gasteiger partial charge in [-0.05, 0) is 13.0 Å². The third-order valence-electron chi connectivity index (χ3n) is 1.72. The second-order valence-electron chi connectivity index (χ2n) is 2.71. The van der Waals surface area contributed by atoms with Gasteiger partial charge in [-0.2, -0.15) is 0 Å². The van der Waals surface area contributed by atoms with E-state index in [1.54, 1.807) is 19.3 Å². The van der Waals surface area contributed by atoms with E-state index >= 15 is 0 Å². The summed E-state index contributed by atoms with van der Waals surface area (Å²) in [5.74, 6) is 0.340. The number of aryl methyl sites for hydroxylation is 1. The smallest absolute Gasteiger partial charge is 0.219 e. The number of carbonyl (C=O) groups excluding carboxylic acids is 1. The Hall–Kier alpha value is -1.29. The normalized spacial score (nSPS) is 12.8. The van der Waals surface area contributed by atoms with Crippen molar-refractivity contribution in [1.82, 2.24) is 0 Å². The molecule has 0 aliphatic carbocycles. The molecule has 1 unspecified atom stereocenters. The van der Waals surface area contributed by atoms with Gasteiger partial charge in [-0.15, -0.1) is 0 Å². The predicted molar refractivity (Wildman–Crippen MR) is 44.2 cm³/mol. The summed E-state index contributed by atoms with van der Waals surface area (Å²) < 4.78 is 5.04. The average Bonchev–Trinajstić information content (AvgIpc) is 2.33. The number of carbonyl (C=O) groups is 1. The van der Waals surface area contributed by atoms with Crippen LogP contribution >= 0.6 is 0 Å². The molecular weight excluding hydrogens is 156 g/mol. The van der Waals surface area contributed by atoms with E-state index < -0.39 is 5.91 Å². The lowest BCUT2D eigenvalue weighted by atomic mass is 10.1. The molecule has 1 aromatic heterocycles. The van der Waals surface area contributed by atoms with E-state index in [-0.39, 0.29) is 12.5 Å². The highest BCUT2D eigenvalue weighted by Gasteiger charge is 2.12. The number of rotatable bonds is 3. The number of primary amides is 1. The fraction of sp³-hybridized carbons (Fsp3) is 0.375. The van der Waals surface area contributed by atoms with E-state index in [0.717, 1.165) is 11.3 Å². The minimum Gasteiger partial charge on any atom is -0.469 e. The summed E-state index contributed by atoms with van der Waals surface area (Å²) in [6.45, 7) is 1.80. The molecule has 0 bridgehead atoms. The fourth-order valence-corrected chi connectivity index (χ4v) is 1.11. The zero-order chi connectivity index (χ0) is 9.14. The second-order valence-corrected chi connectivity index (χ2v) is 2.71. The predicted octanol–water partition coefficient (Wildman–Crippen LogP) is 0.463. The van der Waals surface area contributed by atoms with Crippen molar-refractivity contribution in [2.75, 3.05) is 0 Å². The van der Waals surface area contributed by atoms with Crippen molar-refractivity contribution in [2.24, 2.45) is 11.5 Å². The van der Waals surface area contributed by atoms with Gasteiger partial charge < -0.3 is 15.9 Å². The van der Waals surface area contributed by atoms with Gasteiger partial charge in [-0.3, -0.25) is 4.79 Å². The first-order valence-electron chi connectivity index (χ1n) is 3.69. The molecule has 0 spiro atoms. The summed E-state index contributed by atoms with van der Waals surface area (Å²) in [5.41, 5.74) is 11.5. The van der Waals surface area contributed by atoms with Gasteiger partial charge in [0, 0.05) is 18.0 Å².